The van der Waals surface area contributed by atoms with Crippen molar-refractivity contribution in [2.75, 3.05) is 0 Å². The van der Waals surface area contributed by atoms with Crippen molar-refractivity contribution in [3.05, 3.63) is 48.5 Å². The van der Waals surface area contributed by atoms with Crippen LogP contribution in [-0.4, -0.2) is 57.0 Å². The van der Waals surface area contributed by atoms with Gasteiger partial charge in [-0.1, -0.05) is 0 Å². The predicted octanol–water partition coefficient (Wildman–Crippen LogP) is -0.151. The second-order valence-electron chi connectivity index (χ2n) is 3.32. The fraction of sp³-hybridized carbons (Fsp3) is 0. The van der Waals surface area contributed by atoms with Crippen LogP contribution in [0.1, 0.15) is 0 Å². The van der Waals surface area contributed by atoms with E-state index in [4.69, 9.17) is 0 Å². The van der Waals surface area contributed by atoms with E-state index in [0.717, 1.165) is 51.5 Å². The van der Waals surface area contributed by atoms with Gasteiger partial charge >= 0.3 is 117 Å². The molecular formula is C12H11OTl2. The summed E-state index contributed by atoms with van der Waals surface area (Å²) in [5.74, 6) is 0. The fourth-order valence-electron chi connectivity index (χ4n) is 1.37. The SMILES string of the molecule is O.[Tl][c]1ccc(-c2cc[c]([TlH])cc2)cc1. The average Bonchev–Trinajstić information content (AvgIpc) is 2.21. The Hall–Kier alpha value is 0.244. The van der Waals surface area contributed by atoms with Crippen LogP contribution >= 0.6 is 0 Å². The zero-order chi connectivity index (χ0) is 9.97. The van der Waals surface area contributed by atoms with Gasteiger partial charge in [-0.15, -0.1) is 0 Å². The van der Waals surface area contributed by atoms with Gasteiger partial charge in [0.05, 0.1) is 0 Å². The molecule has 0 radical (unpaired) electrons. The van der Waals surface area contributed by atoms with Crippen LogP contribution < -0.4 is 6.25 Å². The number of hydrogen-bond acceptors (Lipinski definition) is 0. The van der Waals surface area contributed by atoms with Gasteiger partial charge in [0.2, 0.25) is 0 Å². The maximum absolute atomic E-state index is 2.24. The van der Waals surface area contributed by atoms with Gasteiger partial charge in [0.15, 0.2) is 0 Å². The Morgan fingerprint density at radius 3 is 1.60 bits per heavy atom. The van der Waals surface area contributed by atoms with Crippen molar-refractivity contribution in [2.24, 2.45) is 0 Å². The molecule has 0 fully saturated rings. The van der Waals surface area contributed by atoms with Crippen LogP contribution in [0.15, 0.2) is 48.5 Å². The van der Waals surface area contributed by atoms with E-state index in [-0.39, 0.29) is 5.48 Å². The summed E-state index contributed by atoms with van der Waals surface area (Å²) >= 11 is 1.69. The van der Waals surface area contributed by atoms with Gasteiger partial charge in [-0.2, -0.15) is 0 Å². The van der Waals surface area contributed by atoms with Crippen LogP contribution in [0.2, 0.25) is 0 Å². The summed E-state index contributed by atoms with van der Waals surface area (Å²) in [5, 5.41) is 0. The molecule has 0 aliphatic rings. The minimum absolute atomic E-state index is 0. The summed E-state index contributed by atoms with van der Waals surface area (Å²) in [6.07, 6.45) is 0. The number of benzene rings is 2. The third-order valence-electron chi connectivity index (χ3n) is 2.20. The monoisotopic (exact) mass is 581 g/mol. The predicted molar refractivity (Wildman–Crippen MR) is 67.7 cm³/mol. The molecule has 0 heterocycles. The van der Waals surface area contributed by atoms with Gasteiger partial charge in [0.25, 0.3) is 0 Å². The summed E-state index contributed by atoms with van der Waals surface area (Å²) in [6.45, 7) is 0. The third-order valence-corrected chi connectivity index (χ3v) is 5.53. The Kier molecular flexibility index (Phi) is 5.41. The number of hydrogen-bond donors (Lipinski definition) is 0. The zero-order valence-corrected chi connectivity index (χ0v) is 18.4. The second kappa shape index (κ2) is 6.10. The Balaban J connectivity index is 0.00000112. The molecule has 2 rings (SSSR count). The Bertz CT molecular complexity index is 377. The Labute approximate surface area is 122 Å². The molecule has 0 atom stereocenters. The van der Waals surface area contributed by atoms with Crippen LogP contribution in [0.3, 0.4) is 0 Å². The average molecular weight is 580 g/mol. The number of rotatable bonds is 1. The Morgan fingerprint density at radius 1 is 0.733 bits per heavy atom. The molecular weight excluding hydrogens is 569 g/mol. The quantitative estimate of drug-likeness (QED) is 0.421. The topological polar surface area (TPSA) is 31.5 Å². The normalized spacial score (nSPS) is 9.20. The van der Waals surface area contributed by atoms with Crippen LogP contribution in [0, 0.1) is 0 Å². The molecule has 0 aromatic heterocycles. The van der Waals surface area contributed by atoms with Crippen molar-refractivity contribution in [3.63, 3.8) is 0 Å². The van der Waals surface area contributed by atoms with Crippen molar-refractivity contribution < 1.29 is 5.48 Å². The van der Waals surface area contributed by atoms with Crippen molar-refractivity contribution >= 4 is 57.8 Å². The van der Waals surface area contributed by atoms with Crippen LogP contribution in [0.5, 0.6) is 0 Å². The molecule has 0 saturated heterocycles. The molecule has 0 unspecified atom stereocenters. The molecule has 2 aromatic rings. The molecule has 0 amide bonds. The van der Waals surface area contributed by atoms with Crippen molar-refractivity contribution in [1.29, 1.82) is 0 Å². The van der Waals surface area contributed by atoms with Gasteiger partial charge in [-0.3, -0.25) is 0 Å². The van der Waals surface area contributed by atoms with E-state index in [1.165, 1.54) is 17.4 Å². The molecule has 3 heteroatoms. The van der Waals surface area contributed by atoms with Gasteiger partial charge in [0, 0.05) is 0 Å². The maximum atomic E-state index is 2.24. The van der Waals surface area contributed by atoms with E-state index in [2.05, 4.69) is 48.5 Å². The molecule has 0 saturated carbocycles. The molecule has 0 aliphatic heterocycles. The minimum atomic E-state index is 0. The van der Waals surface area contributed by atoms with E-state index in [9.17, 15) is 0 Å². The molecule has 0 bridgehead atoms. The summed E-state index contributed by atoms with van der Waals surface area (Å²) in [4.78, 5) is 0. The molecule has 2 aromatic carbocycles. The van der Waals surface area contributed by atoms with E-state index in [0.29, 0.717) is 0 Å². The third kappa shape index (κ3) is 3.63. The molecule has 0 aliphatic carbocycles. The van der Waals surface area contributed by atoms with Crippen LogP contribution in [0.4, 0.5) is 0 Å². The van der Waals surface area contributed by atoms with Crippen molar-refractivity contribution in [1.82, 2.24) is 0 Å². The molecule has 2 N–H and O–H groups in total. The van der Waals surface area contributed by atoms with Crippen LogP contribution in [0.25, 0.3) is 11.1 Å². The van der Waals surface area contributed by atoms with E-state index in [1.54, 1.807) is 0 Å². The van der Waals surface area contributed by atoms with E-state index < -0.39 is 0 Å². The van der Waals surface area contributed by atoms with E-state index in [1.807, 2.05) is 0 Å². The first kappa shape index (κ1) is 13.3. The standard InChI is InChI=1S/C12H8.H2O.2Tl.H/c1-3-7-11(8-4-1)12-9-5-2-6-10-12;;;;/h3-10H;1H2;;;. The Morgan fingerprint density at radius 2 is 1.13 bits per heavy atom. The van der Waals surface area contributed by atoms with Gasteiger partial charge < -0.3 is 5.48 Å². The van der Waals surface area contributed by atoms with E-state index >= 15 is 0 Å². The fourth-order valence-corrected chi connectivity index (χ4v) is 3.04. The second-order valence-corrected chi connectivity index (χ2v) is 9.08. The first-order chi connectivity index (χ1) is 6.75. The first-order valence-corrected chi connectivity index (χ1v) is 9.53. The van der Waals surface area contributed by atoms with Gasteiger partial charge in [-0.25, -0.2) is 0 Å². The van der Waals surface area contributed by atoms with Crippen molar-refractivity contribution in [2.45, 2.75) is 0 Å². The molecule has 0 spiro atoms. The summed E-state index contributed by atoms with van der Waals surface area (Å²) in [7, 11) is 0. The van der Waals surface area contributed by atoms with Gasteiger partial charge in [-0.05, 0) is 0 Å². The summed E-state index contributed by atoms with van der Waals surface area (Å²) in [6, 6.07) is 17.9. The van der Waals surface area contributed by atoms with Gasteiger partial charge in [0.1, 0.15) is 0 Å². The summed E-state index contributed by atoms with van der Waals surface area (Å²) < 4.78 is 2.99. The first-order valence-electron chi connectivity index (χ1n) is 4.53. The molecule has 15 heavy (non-hydrogen) atoms. The zero-order valence-electron chi connectivity index (χ0n) is 8.40. The van der Waals surface area contributed by atoms with Crippen molar-refractivity contribution in [3.8, 4) is 11.1 Å². The summed E-state index contributed by atoms with van der Waals surface area (Å²) in [5.41, 5.74) is 2.67. The molecule has 71 valence electrons. The molecule has 1 nitrogen and oxygen atoms in total. The van der Waals surface area contributed by atoms with Crippen LogP contribution in [-0.2, 0) is 0 Å².